The Bertz CT molecular complexity index is 378. The summed E-state index contributed by atoms with van der Waals surface area (Å²) in [5.74, 6) is 0. The highest BCUT2D eigenvalue weighted by Gasteiger charge is 2.08. The second-order valence-corrected chi connectivity index (χ2v) is 5.27. The second-order valence-electron chi connectivity index (χ2n) is 4.48. The van der Waals surface area contributed by atoms with Crippen LogP contribution in [0, 0.1) is 0 Å². The van der Waals surface area contributed by atoms with Crippen molar-refractivity contribution < 1.29 is 0 Å². The van der Waals surface area contributed by atoms with E-state index < -0.39 is 0 Å². The standard InChI is InChI=1S/C13H19Cl2N3/c14-12-3-1-2-11(13(12)15)10-17-6-9-18-7-4-16-5-8-18/h1-3,16-17H,4-10H2. The van der Waals surface area contributed by atoms with Gasteiger partial charge in [0.15, 0.2) is 0 Å². The molecule has 0 atom stereocenters. The Morgan fingerprint density at radius 2 is 2.00 bits per heavy atom. The summed E-state index contributed by atoms with van der Waals surface area (Å²) < 4.78 is 0. The van der Waals surface area contributed by atoms with E-state index in [-0.39, 0.29) is 0 Å². The molecule has 1 heterocycles. The summed E-state index contributed by atoms with van der Waals surface area (Å²) in [5, 5.41) is 8.05. The molecule has 0 spiro atoms. The molecule has 1 saturated heterocycles. The van der Waals surface area contributed by atoms with E-state index in [1.54, 1.807) is 0 Å². The Balaban J connectivity index is 1.70. The summed E-state index contributed by atoms with van der Waals surface area (Å²) in [4.78, 5) is 2.46. The number of rotatable bonds is 5. The molecule has 2 N–H and O–H groups in total. The van der Waals surface area contributed by atoms with Crippen molar-refractivity contribution in [1.82, 2.24) is 15.5 Å². The Kier molecular flexibility index (Phi) is 5.73. The molecular formula is C13H19Cl2N3. The van der Waals surface area contributed by atoms with Gasteiger partial charge in [0.25, 0.3) is 0 Å². The molecule has 18 heavy (non-hydrogen) atoms. The van der Waals surface area contributed by atoms with Crippen LogP contribution >= 0.6 is 23.2 Å². The van der Waals surface area contributed by atoms with Gasteiger partial charge in [0.1, 0.15) is 0 Å². The zero-order valence-corrected chi connectivity index (χ0v) is 11.9. The van der Waals surface area contributed by atoms with E-state index in [0.717, 1.165) is 51.4 Å². The van der Waals surface area contributed by atoms with Gasteiger partial charge in [-0.1, -0.05) is 35.3 Å². The van der Waals surface area contributed by atoms with Crippen LogP contribution in [-0.4, -0.2) is 44.2 Å². The number of nitrogens with zero attached hydrogens (tertiary/aromatic N) is 1. The molecule has 3 nitrogen and oxygen atoms in total. The lowest BCUT2D eigenvalue weighted by molar-refractivity contribution is 0.241. The van der Waals surface area contributed by atoms with Crippen molar-refractivity contribution in [2.24, 2.45) is 0 Å². The van der Waals surface area contributed by atoms with Crippen molar-refractivity contribution in [1.29, 1.82) is 0 Å². The van der Waals surface area contributed by atoms with Crippen LogP contribution in [0.3, 0.4) is 0 Å². The van der Waals surface area contributed by atoms with Gasteiger partial charge in [0, 0.05) is 45.8 Å². The first-order valence-corrected chi connectivity index (χ1v) is 7.09. The molecule has 0 amide bonds. The first-order valence-electron chi connectivity index (χ1n) is 6.34. The highest BCUT2D eigenvalue weighted by Crippen LogP contribution is 2.25. The highest BCUT2D eigenvalue weighted by atomic mass is 35.5. The predicted octanol–water partition coefficient (Wildman–Crippen LogP) is 1.99. The first-order chi connectivity index (χ1) is 8.77. The van der Waals surface area contributed by atoms with Crippen LogP contribution in [-0.2, 0) is 6.54 Å². The van der Waals surface area contributed by atoms with Gasteiger partial charge in [-0.25, -0.2) is 0 Å². The fourth-order valence-corrected chi connectivity index (χ4v) is 2.47. The molecule has 100 valence electrons. The lowest BCUT2D eigenvalue weighted by atomic mass is 10.2. The summed E-state index contributed by atoms with van der Waals surface area (Å²) in [6.07, 6.45) is 0. The fraction of sp³-hybridized carbons (Fsp3) is 0.538. The maximum atomic E-state index is 6.13. The summed E-state index contributed by atoms with van der Waals surface area (Å²) >= 11 is 12.1. The van der Waals surface area contributed by atoms with E-state index in [0.29, 0.717) is 10.0 Å². The number of halogens is 2. The van der Waals surface area contributed by atoms with E-state index in [4.69, 9.17) is 23.2 Å². The van der Waals surface area contributed by atoms with Gasteiger partial charge in [-0.3, -0.25) is 4.90 Å². The third kappa shape index (κ3) is 4.11. The molecule has 0 unspecified atom stereocenters. The van der Waals surface area contributed by atoms with Gasteiger partial charge >= 0.3 is 0 Å². The van der Waals surface area contributed by atoms with Gasteiger partial charge in [0.2, 0.25) is 0 Å². The maximum Gasteiger partial charge on any atom is 0.0637 e. The number of nitrogens with one attached hydrogen (secondary N) is 2. The lowest BCUT2D eigenvalue weighted by Crippen LogP contribution is -2.45. The van der Waals surface area contributed by atoms with Crippen molar-refractivity contribution in [3.63, 3.8) is 0 Å². The highest BCUT2D eigenvalue weighted by molar-refractivity contribution is 6.42. The molecule has 0 saturated carbocycles. The van der Waals surface area contributed by atoms with Gasteiger partial charge in [0.05, 0.1) is 10.0 Å². The zero-order valence-electron chi connectivity index (χ0n) is 10.4. The van der Waals surface area contributed by atoms with Gasteiger partial charge in [-0.2, -0.15) is 0 Å². The Labute approximate surface area is 118 Å². The summed E-state index contributed by atoms with van der Waals surface area (Å²) in [7, 11) is 0. The molecule has 0 radical (unpaired) electrons. The normalized spacial score (nSPS) is 17.0. The molecule has 0 aromatic heterocycles. The minimum atomic E-state index is 0.623. The Hall–Kier alpha value is -0.320. The quantitative estimate of drug-likeness (QED) is 0.811. The third-order valence-corrected chi connectivity index (χ3v) is 4.02. The molecule has 5 heteroatoms. The molecule has 1 aromatic rings. The molecular weight excluding hydrogens is 269 g/mol. The third-order valence-electron chi connectivity index (χ3n) is 3.16. The molecule has 0 aliphatic carbocycles. The minimum Gasteiger partial charge on any atom is -0.314 e. The van der Waals surface area contributed by atoms with Crippen LogP contribution in [0.2, 0.25) is 10.0 Å². The minimum absolute atomic E-state index is 0.623. The molecule has 1 fully saturated rings. The summed E-state index contributed by atoms with van der Waals surface area (Å²) in [6, 6.07) is 5.75. The maximum absolute atomic E-state index is 6.13. The van der Waals surface area contributed by atoms with Crippen LogP contribution in [0.25, 0.3) is 0 Å². The van der Waals surface area contributed by atoms with Crippen molar-refractivity contribution in [3.8, 4) is 0 Å². The number of benzene rings is 1. The van der Waals surface area contributed by atoms with E-state index in [1.165, 1.54) is 0 Å². The average molecular weight is 288 g/mol. The molecule has 2 rings (SSSR count). The summed E-state index contributed by atoms with van der Waals surface area (Å²) in [5.41, 5.74) is 1.06. The van der Waals surface area contributed by atoms with Crippen LogP contribution in [0.1, 0.15) is 5.56 Å². The molecule has 1 aliphatic rings. The van der Waals surface area contributed by atoms with Crippen LogP contribution in [0.15, 0.2) is 18.2 Å². The van der Waals surface area contributed by atoms with E-state index in [9.17, 15) is 0 Å². The van der Waals surface area contributed by atoms with Gasteiger partial charge in [-0.05, 0) is 11.6 Å². The summed E-state index contributed by atoms with van der Waals surface area (Å²) in [6.45, 7) is 7.30. The zero-order chi connectivity index (χ0) is 12.8. The van der Waals surface area contributed by atoms with Crippen LogP contribution < -0.4 is 10.6 Å². The first kappa shape index (κ1) is 14.1. The van der Waals surface area contributed by atoms with Crippen molar-refractivity contribution >= 4 is 23.2 Å². The number of piperazine rings is 1. The van der Waals surface area contributed by atoms with E-state index in [1.807, 2.05) is 18.2 Å². The SMILES string of the molecule is Clc1cccc(CNCCN2CCNCC2)c1Cl. The topological polar surface area (TPSA) is 27.3 Å². The molecule has 1 aromatic carbocycles. The van der Waals surface area contributed by atoms with Crippen LogP contribution in [0.4, 0.5) is 0 Å². The largest absolute Gasteiger partial charge is 0.314 e. The lowest BCUT2D eigenvalue weighted by Gasteiger charge is -2.27. The van der Waals surface area contributed by atoms with E-state index >= 15 is 0 Å². The smallest absolute Gasteiger partial charge is 0.0637 e. The van der Waals surface area contributed by atoms with Crippen molar-refractivity contribution in [2.75, 3.05) is 39.3 Å². The predicted molar refractivity (Wildman–Crippen MR) is 77.5 cm³/mol. The van der Waals surface area contributed by atoms with Crippen LogP contribution in [0.5, 0.6) is 0 Å². The fourth-order valence-electron chi connectivity index (χ4n) is 2.08. The molecule has 0 bridgehead atoms. The Morgan fingerprint density at radius 3 is 2.78 bits per heavy atom. The monoisotopic (exact) mass is 287 g/mol. The van der Waals surface area contributed by atoms with Gasteiger partial charge in [-0.15, -0.1) is 0 Å². The second kappa shape index (κ2) is 7.31. The van der Waals surface area contributed by atoms with Crippen molar-refractivity contribution in [2.45, 2.75) is 6.54 Å². The number of hydrogen-bond donors (Lipinski definition) is 2. The number of hydrogen-bond acceptors (Lipinski definition) is 3. The van der Waals surface area contributed by atoms with Gasteiger partial charge < -0.3 is 10.6 Å². The van der Waals surface area contributed by atoms with Crippen molar-refractivity contribution in [3.05, 3.63) is 33.8 Å². The average Bonchev–Trinajstić information content (AvgIpc) is 2.40. The Morgan fingerprint density at radius 1 is 1.22 bits per heavy atom. The van der Waals surface area contributed by atoms with E-state index in [2.05, 4.69) is 15.5 Å². The molecule has 1 aliphatic heterocycles.